The van der Waals surface area contributed by atoms with E-state index in [1.165, 1.54) is 36.1 Å². The van der Waals surface area contributed by atoms with Crippen LogP contribution in [-0.4, -0.2) is 38.1 Å². The number of carbonyl (C=O) groups excluding carboxylic acids is 2. The third-order valence-corrected chi connectivity index (χ3v) is 7.12. The maximum Gasteiger partial charge on any atom is 0.243 e. The van der Waals surface area contributed by atoms with E-state index < -0.39 is 15.9 Å². The van der Waals surface area contributed by atoms with Crippen LogP contribution < -0.4 is 10.2 Å². The normalized spacial score (nSPS) is 11.3. The van der Waals surface area contributed by atoms with Crippen LogP contribution in [0.15, 0.2) is 83.8 Å². The molecule has 0 saturated carbocycles. The van der Waals surface area contributed by atoms with E-state index >= 15 is 0 Å². The van der Waals surface area contributed by atoms with Gasteiger partial charge in [0.1, 0.15) is 0 Å². The first kappa shape index (κ1) is 24.4. The third-order valence-electron chi connectivity index (χ3n) is 4.95. The molecule has 1 N–H and O–H groups in total. The van der Waals surface area contributed by atoms with Gasteiger partial charge in [-0.3, -0.25) is 9.59 Å². The average molecular weight is 486 g/mol. The zero-order chi connectivity index (χ0) is 24.0. The van der Waals surface area contributed by atoms with Crippen LogP contribution in [0, 0.1) is 0 Å². The van der Waals surface area contributed by atoms with Crippen molar-refractivity contribution in [3.63, 3.8) is 0 Å². The number of rotatable bonds is 8. The number of anilines is 2. The maximum atomic E-state index is 13.5. The SMILES string of the molecule is CC(=O)Nc1ccc(S(=O)(=O)N(CC(=O)N(C)c2ccccc2)Cc2ccccc2Cl)cc1. The van der Waals surface area contributed by atoms with Gasteiger partial charge in [-0.05, 0) is 48.0 Å². The van der Waals surface area contributed by atoms with Gasteiger partial charge in [-0.25, -0.2) is 8.42 Å². The topological polar surface area (TPSA) is 86.8 Å². The third kappa shape index (κ3) is 6.19. The number of amides is 2. The summed E-state index contributed by atoms with van der Waals surface area (Å²) >= 11 is 6.27. The Hall–Kier alpha value is -3.20. The zero-order valence-corrected chi connectivity index (χ0v) is 19.8. The van der Waals surface area contributed by atoms with Crippen molar-refractivity contribution < 1.29 is 18.0 Å². The molecule has 3 rings (SSSR count). The number of para-hydroxylation sites is 1. The largest absolute Gasteiger partial charge is 0.326 e. The van der Waals surface area contributed by atoms with Crippen molar-refractivity contribution >= 4 is 44.8 Å². The van der Waals surface area contributed by atoms with Gasteiger partial charge in [-0.1, -0.05) is 48.0 Å². The molecule has 7 nitrogen and oxygen atoms in total. The van der Waals surface area contributed by atoms with Crippen LogP contribution in [0.2, 0.25) is 5.02 Å². The van der Waals surface area contributed by atoms with Gasteiger partial charge in [0.05, 0.1) is 11.4 Å². The number of nitrogens with one attached hydrogen (secondary N) is 1. The summed E-state index contributed by atoms with van der Waals surface area (Å²) in [6.07, 6.45) is 0. The second-order valence-electron chi connectivity index (χ2n) is 7.36. The van der Waals surface area contributed by atoms with Gasteiger partial charge in [0, 0.05) is 36.9 Å². The lowest BCUT2D eigenvalue weighted by molar-refractivity contribution is -0.118. The molecule has 0 unspecified atom stereocenters. The molecule has 3 aromatic rings. The van der Waals surface area contributed by atoms with Crippen LogP contribution in [0.4, 0.5) is 11.4 Å². The summed E-state index contributed by atoms with van der Waals surface area (Å²) in [6.45, 7) is 0.904. The van der Waals surface area contributed by atoms with Gasteiger partial charge in [0.15, 0.2) is 0 Å². The summed E-state index contributed by atoms with van der Waals surface area (Å²) < 4.78 is 28.1. The predicted octanol–water partition coefficient (Wildman–Crippen LogP) is 4.15. The first-order valence-corrected chi connectivity index (χ1v) is 11.9. The highest BCUT2D eigenvalue weighted by atomic mass is 35.5. The number of hydrogen-bond donors (Lipinski definition) is 1. The summed E-state index contributed by atoms with van der Waals surface area (Å²) in [5, 5.41) is 3.00. The molecule has 0 spiro atoms. The number of halogens is 1. The number of sulfonamides is 1. The zero-order valence-electron chi connectivity index (χ0n) is 18.2. The van der Waals surface area contributed by atoms with Crippen molar-refractivity contribution in [1.29, 1.82) is 0 Å². The van der Waals surface area contributed by atoms with Crippen LogP contribution >= 0.6 is 11.6 Å². The monoisotopic (exact) mass is 485 g/mol. The summed E-state index contributed by atoms with van der Waals surface area (Å²) in [5.41, 5.74) is 1.70. The summed E-state index contributed by atoms with van der Waals surface area (Å²) in [5.74, 6) is -0.660. The molecule has 0 radical (unpaired) electrons. The molecule has 2 amide bonds. The lowest BCUT2D eigenvalue weighted by Gasteiger charge is -2.25. The van der Waals surface area contributed by atoms with Crippen molar-refractivity contribution in [1.82, 2.24) is 4.31 Å². The molecule has 33 heavy (non-hydrogen) atoms. The van der Waals surface area contributed by atoms with E-state index in [1.807, 2.05) is 6.07 Å². The highest BCUT2D eigenvalue weighted by molar-refractivity contribution is 7.89. The molecule has 0 atom stereocenters. The van der Waals surface area contributed by atoms with E-state index in [-0.39, 0.29) is 23.9 Å². The molecule has 0 aromatic heterocycles. The molecule has 0 heterocycles. The number of nitrogens with zero attached hydrogens (tertiary/aromatic N) is 2. The smallest absolute Gasteiger partial charge is 0.243 e. The molecule has 3 aromatic carbocycles. The summed E-state index contributed by atoms with van der Waals surface area (Å²) in [7, 11) is -2.46. The van der Waals surface area contributed by atoms with E-state index in [1.54, 1.807) is 55.6 Å². The highest BCUT2D eigenvalue weighted by Gasteiger charge is 2.29. The van der Waals surface area contributed by atoms with Gasteiger partial charge in [-0.2, -0.15) is 4.31 Å². The van der Waals surface area contributed by atoms with Gasteiger partial charge >= 0.3 is 0 Å². The molecule has 0 saturated heterocycles. The first-order valence-electron chi connectivity index (χ1n) is 10.1. The molecule has 0 aliphatic rings. The second-order valence-corrected chi connectivity index (χ2v) is 9.70. The van der Waals surface area contributed by atoms with Crippen molar-refractivity contribution in [3.05, 3.63) is 89.4 Å². The molecule has 9 heteroatoms. The molecule has 0 bridgehead atoms. The van der Waals surface area contributed by atoms with Gasteiger partial charge in [0.2, 0.25) is 21.8 Å². The van der Waals surface area contributed by atoms with Crippen LogP contribution in [0.3, 0.4) is 0 Å². The fraction of sp³-hybridized carbons (Fsp3) is 0.167. The van der Waals surface area contributed by atoms with Crippen LogP contribution in [0.25, 0.3) is 0 Å². The molecular weight excluding hydrogens is 462 g/mol. The lowest BCUT2D eigenvalue weighted by Crippen LogP contribution is -2.41. The molecule has 0 aliphatic carbocycles. The molecule has 0 aliphatic heterocycles. The van der Waals surface area contributed by atoms with Crippen molar-refractivity contribution in [3.8, 4) is 0 Å². The van der Waals surface area contributed by atoms with Crippen molar-refractivity contribution in [2.45, 2.75) is 18.4 Å². The minimum atomic E-state index is -4.06. The Labute approximate surface area is 198 Å². The van der Waals surface area contributed by atoms with Gasteiger partial charge in [-0.15, -0.1) is 0 Å². The van der Waals surface area contributed by atoms with E-state index in [9.17, 15) is 18.0 Å². The Morgan fingerprint density at radius 3 is 2.12 bits per heavy atom. The van der Waals surface area contributed by atoms with Crippen molar-refractivity contribution in [2.75, 3.05) is 23.8 Å². The first-order chi connectivity index (χ1) is 15.7. The van der Waals surface area contributed by atoms with E-state index in [0.717, 1.165) is 4.31 Å². The van der Waals surface area contributed by atoms with E-state index in [2.05, 4.69) is 5.32 Å². The number of carbonyl (C=O) groups is 2. The fourth-order valence-corrected chi connectivity index (χ4v) is 4.72. The summed E-state index contributed by atoms with van der Waals surface area (Å²) in [4.78, 5) is 25.7. The molecule has 0 fully saturated rings. The van der Waals surface area contributed by atoms with Gasteiger partial charge < -0.3 is 10.2 Å². The van der Waals surface area contributed by atoms with E-state index in [0.29, 0.717) is 22.0 Å². The number of likely N-dealkylation sites (N-methyl/N-ethyl adjacent to an activating group) is 1. The Balaban J connectivity index is 1.92. The Morgan fingerprint density at radius 1 is 0.909 bits per heavy atom. The van der Waals surface area contributed by atoms with Crippen molar-refractivity contribution in [2.24, 2.45) is 0 Å². The lowest BCUT2D eigenvalue weighted by atomic mass is 10.2. The number of hydrogen-bond acceptors (Lipinski definition) is 4. The average Bonchev–Trinajstić information content (AvgIpc) is 2.80. The highest BCUT2D eigenvalue weighted by Crippen LogP contribution is 2.24. The van der Waals surface area contributed by atoms with Crippen LogP contribution in [0.1, 0.15) is 12.5 Å². The Kier molecular flexibility index (Phi) is 7.86. The standard InChI is InChI=1S/C24H24ClN3O4S/c1-18(29)26-20-12-14-22(15-13-20)33(31,32)28(16-19-8-6-7-11-23(19)25)17-24(30)27(2)21-9-4-3-5-10-21/h3-15H,16-17H2,1-2H3,(H,26,29). The minimum absolute atomic E-state index is 0.00109. The molecular formula is C24H24ClN3O4S. The van der Waals surface area contributed by atoms with Crippen LogP contribution in [-0.2, 0) is 26.2 Å². The van der Waals surface area contributed by atoms with Gasteiger partial charge in [0.25, 0.3) is 0 Å². The minimum Gasteiger partial charge on any atom is -0.326 e. The number of benzene rings is 3. The second kappa shape index (κ2) is 10.6. The fourth-order valence-electron chi connectivity index (χ4n) is 3.16. The summed E-state index contributed by atoms with van der Waals surface area (Å²) in [6, 6.07) is 21.7. The van der Waals surface area contributed by atoms with Crippen LogP contribution in [0.5, 0.6) is 0 Å². The maximum absolute atomic E-state index is 13.5. The molecule has 172 valence electrons. The quantitative estimate of drug-likeness (QED) is 0.519. The predicted molar refractivity (Wildman–Crippen MR) is 130 cm³/mol. The Bertz CT molecular complexity index is 1230. The van der Waals surface area contributed by atoms with E-state index in [4.69, 9.17) is 11.6 Å². The Morgan fingerprint density at radius 2 is 1.52 bits per heavy atom.